The Balaban J connectivity index is 1.92. The normalized spacial score (nSPS) is 39.5. The maximum atomic E-state index is 6.00. The van der Waals surface area contributed by atoms with Crippen LogP contribution in [0.25, 0.3) is 0 Å². The average molecular weight is 239 g/mol. The van der Waals surface area contributed by atoms with Crippen molar-refractivity contribution in [1.29, 1.82) is 0 Å². The highest BCUT2D eigenvalue weighted by Crippen LogP contribution is 2.39. The van der Waals surface area contributed by atoms with Crippen LogP contribution in [-0.2, 0) is 4.74 Å². The molecule has 2 nitrogen and oxygen atoms in total. The summed E-state index contributed by atoms with van der Waals surface area (Å²) in [5.41, 5.74) is 0. The Bertz CT molecular complexity index is 239. The molecule has 17 heavy (non-hydrogen) atoms. The highest BCUT2D eigenvalue weighted by Gasteiger charge is 2.41. The average Bonchev–Trinajstić information content (AvgIpc) is 3.05. The topological polar surface area (TPSA) is 21.3 Å². The second-order valence-electron chi connectivity index (χ2n) is 6.17. The number of nitrogens with one attached hydrogen (secondary N) is 1. The summed E-state index contributed by atoms with van der Waals surface area (Å²) >= 11 is 0. The number of rotatable bonds is 6. The maximum absolute atomic E-state index is 6.00. The fourth-order valence-corrected chi connectivity index (χ4v) is 3.50. The van der Waals surface area contributed by atoms with Gasteiger partial charge in [-0.15, -0.1) is 0 Å². The van der Waals surface area contributed by atoms with Gasteiger partial charge >= 0.3 is 0 Å². The lowest BCUT2D eigenvalue weighted by molar-refractivity contribution is 0.0471. The van der Waals surface area contributed by atoms with Crippen LogP contribution in [-0.4, -0.2) is 24.8 Å². The monoisotopic (exact) mass is 239 g/mol. The first-order valence-corrected chi connectivity index (χ1v) is 7.52. The van der Waals surface area contributed by atoms with Crippen LogP contribution in [0, 0.1) is 17.8 Å². The molecule has 100 valence electrons. The quantitative estimate of drug-likeness (QED) is 0.768. The molecule has 5 unspecified atom stereocenters. The first-order valence-electron chi connectivity index (χ1n) is 7.52. The highest BCUT2D eigenvalue weighted by atomic mass is 16.5. The summed E-state index contributed by atoms with van der Waals surface area (Å²) in [7, 11) is 0. The minimum atomic E-state index is 0.420. The van der Waals surface area contributed by atoms with Gasteiger partial charge in [-0.05, 0) is 45.1 Å². The van der Waals surface area contributed by atoms with E-state index in [1.807, 2.05) is 0 Å². The first-order chi connectivity index (χ1) is 8.13. The number of hydrogen-bond donors (Lipinski definition) is 1. The van der Waals surface area contributed by atoms with Crippen LogP contribution in [0.2, 0.25) is 0 Å². The molecule has 0 aromatic rings. The maximum Gasteiger partial charge on any atom is 0.0597 e. The van der Waals surface area contributed by atoms with Gasteiger partial charge in [-0.3, -0.25) is 0 Å². The standard InChI is InChI=1S/C15H29NO/c1-5-16-14(9-8-13-6-7-13)15-10(2)11(3)17-12(15)4/h10-16H,5-9H2,1-4H3. The summed E-state index contributed by atoms with van der Waals surface area (Å²) in [6.07, 6.45) is 6.55. The van der Waals surface area contributed by atoms with Gasteiger partial charge in [-0.2, -0.15) is 0 Å². The first kappa shape index (κ1) is 13.4. The van der Waals surface area contributed by atoms with Gasteiger partial charge in [0.2, 0.25) is 0 Å². The zero-order valence-corrected chi connectivity index (χ0v) is 11.9. The molecule has 2 aliphatic rings. The lowest BCUT2D eigenvalue weighted by atomic mass is 9.81. The fourth-order valence-electron chi connectivity index (χ4n) is 3.50. The Kier molecular flexibility index (Phi) is 4.48. The Morgan fingerprint density at radius 1 is 1.18 bits per heavy atom. The lowest BCUT2D eigenvalue weighted by Crippen LogP contribution is -2.41. The van der Waals surface area contributed by atoms with Gasteiger partial charge in [0, 0.05) is 12.0 Å². The molecule has 1 N–H and O–H groups in total. The summed E-state index contributed by atoms with van der Waals surface area (Å²) in [5.74, 6) is 2.43. The van der Waals surface area contributed by atoms with Crippen LogP contribution < -0.4 is 5.32 Å². The van der Waals surface area contributed by atoms with E-state index in [1.165, 1.54) is 25.7 Å². The Hall–Kier alpha value is -0.0800. The van der Waals surface area contributed by atoms with E-state index in [0.717, 1.165) is 12.5 Å². The van der Waals surface area contributed by atoms with Crippen LogP contribution in [0.4, 0.5) is 0 Å². The molecule has 5 atom stereocenters. The van der Waals surface area contributed by atoms with Gasteiger partial charge in [0.05, 0.1) is 12.2 Å². The van der Waals surface area contributed by atoms with E-state index in [2.05, 4.69) is 33.0 Å². The van der Waals surface area contributed by atoms with E-state index in [4.69, 9.17) is 4.74 Å². The van der Waals surface area contributed by atoms with Crippen molar-refractivity contribution in [3.8, 4) is 0 Å². The summed E-state index contributed by atoms with van der Waals surface area (Å²) < 4.78 is 6.00. The third kappa shape index (κ3) is 3.23. The zero-order valence-electron chi connectivity index (χ0n) is 11.9. The summed E-state index contributed by atoms with van der Waals surface area (Å²) in [5, 5.41) is 3.71. The number of hydrogen-bond acceptors (Lipinski definition) is 2. The number of ether oxygens (including phenoxy) is 1. The van der Waals surface area contributed by atoms with Gasteiger partial charge in [0.15, 0.2) is 0 Å². The predicted octanol–water partition coefficient (Wildman–Crippen LogP) is 3.21. The molecule has 1 saturated heterocycles. The molecule has 0 bridgehead atoms. The van der Waals surface area contributed by atoms with Crippen LogP contribution in [0.5, 0.6) is 0 Å². The van der Waals surface area contributed by atoms with Crippen molar-refractivity contribution in [3.05, 3.63) is 0 Å². The van der Waals surface area contributed by atoms with Crippen molar-refractivity contribution in [3.63, 3.8) is 0 Å². The SMILES string of the molecule is CCNC(CCC1CC1)C1C(C)OC(C)C1C. The Morgan fingerprint density at radius 2 is 1.88 bits per heavy atom. The molecular weight excluding hydrogens is 210 g/mol. The molecule has 1 aliphatic heterocycles. The second kappa shape index (κ2) is 5.71. The van der Waals surface area contributed by atoms with Gasteiger partial charge < -0.3 is 10.1 Å². The van der Waals surface area contributed by atoms with Gasteiger partial charge in [-0.1, -0.05) is 26.7 Å². The fraction of sp³-hybridized carbons (Fsp3) is 1.00. The van der Waals surface area contributed by atoms with Crippen molar-refractivity contribution < 1.29 is 4.74 Å². The Labute approximate surface area is 107 Å². The van der Waals surface area contributed by atoms with Gasteiger partial charge in [0.1, 0.15) is 0 Å². The molecule has 1 heterocycles. The summed E-state index contributed by atoms with van der Waals surface area (Å²) in [4.78, 5) is 0. The van der Waals surface area contributed by atoms with Crippen molar-refractivity contribution in [2.24, 2.45) is 17.8 Å². The molecular formula is C15H29NO. The third-order valence-electron chi connectivity index (χ3n) is 4.83. The molecule has 0 aromatic heterocycles. The molecule has 1 aliphatic carbocycles. The molecule has 1 saturated carbocycles. The largest absolute Gasteiger partial charge is 0.375 e. The van der Waals surface area contributed by atoms with Crippen LogP contribution >= 0.6 is 0 Å². The van der Waals surface area contributed by atoms with E-state index >= 15 is 0 Å². The smallest absolute Gasteiger partial charge is 0.0597 e. The molecule has 0 radical (unpaired) electrons. The Morgan fingerprint density at radius 3 is 2.35 bits per heavy atom. The third-order valence-corrected chi connectivity index (χ3v) is 4.83. The predicted molar refractivity (Wildman–Crippen MR) is 72.1 cm³/mol. The van der Waals surface area contributed by atoms with Crippen LogP contribution in [0.15, 0.2) is 0 Å². The lowest BCUT2D eigenvalue weighted by Gasteiger charge is -2.29. The summed E-state index contributed by atoms with van der Waals surface area (Å²) in [6.45, 7) is 10.1. The van der Waals surface area contributed by atoms with E-state index in [0.29, 0.717) is 30.1 Å². The molecule has 0 aromatic carbocycles. The second-order valence-corrected chi connectivity index (χ2v) is 6.17. The molecule has 0 spiro atoms. The van der Waals surface area contributed by atoms with Crippen molar-refractivity contribution in [1.82, 2.24) is 5.32 Å². The van der Waals surface area contributed by atoms with E-state index < -0.39 is 0 Å². The summed E-state index contributed by atoms with van der Waals surface area (Å²) in [6, 6.07) is 0.663. The van der Waals surface area contributed by atoms with Crippen LogP contribution in [0.1, 0.15) is 53.4 Å². The highest BCUT2D eigenvalue weighted by molar-refractivity contribution is 4.92. The van der Waals surface area contributed by atoms with E-state index in [9.17, 15) is 0 Å². The van der Waals surface area contributed by atoms with Crippen molar-refractivity contribution in [2.75, 3.05) is 6.54 Å². The molecule has 2 rings (SSSR count). The molecule has 0 amide bonds. The van der Waals surface area contributed by atoms with Gasteiger partial charge in [0.25, 0.3) is 0 Å². The van der Waals surface area contributed by atoms with Crippen molar-refractivity contribution >= 4 is 0 Å². The van der Waals surface area contributed by atoms with Crippen LogP contribution in [0.3, 0.4) is 0 Å². The van der Waals surface area contributed by atoms with Gasteiger partial charge in [-0.25, -0.2) is 0 Å². The van der Waals surface area contributed by atoms with E-state index in [-0.39, 0.29) is 0 Å². The van der Waals surface area contributed by atoms with Crippen molar-refractivity contribution in [2.45, 2.75) is 71.6 Å². The van der Waals surface area contributed by atoms with E-state index in [1.54, 1.807) is 0 Å². The zero-order chi connectivity index (χ0) is 12.4. The molecule has 2 fully saturated rings. The molecule has 2 heteroatoms. The minimum absolute atomic E-state index is 0.420. The minimum Gasteiger partial charge on any atom is -0.375 e.